The average molecular weight is 449 g/mol. The first-order valence-electron chi connectivity index (χ1n) is 10.3. The molecule has 0 saturated carbocycles. The standard InChI is InChI=1S/C25H25FN4OS/c1-15-10-16(2)12-21(11-15)30-17(3)13-22(18(30)4)23(31)14-32-25-28-27-24(29(25)5)19-6-8-20(26)9-7-19/h6-13H,14H2,1-5H3. The second-order valence-corrected chi connectivity index (χ2v) is 8.99. The molecule has 5 nitrogen and oxygen atoms in total. The fraction of sp³-hybridized carbons (Fsp3) is 0.240. The molecule has 0 N–H and O–H groups in total. The third-order valence-corrected chi connectivity index (χ3v) is 6.49. The van der Waals surface area contributed by atoms with Crippen LogP contribution in [0, 0.1) is 33.5 Å². The van der Waals surface area contributed by atoms with E-state index in [1.807, 2.05) is 31.5 Å². The van der Waals surface area contributed by atoms with E-state index in [1.54, 1.807) is 12.1 Å². The molecule has 2 aromatic heterocycles. The molecule has 0 aliphatic carbocycles. The minimum absolute atomic E-state index is 0.0463. The second-order valence-electron chi connectivity index (χ2n) is 8.05. The predicted octanol–water partition coefficient (Wildman–Crippen LogP) is 5.62. The highest BCUT2D eigenvalue weighted by Crippen LogP contribution is 2.26. The lowest BCUT2D eigenvalue weighted by Gasteiger charge is -2.12. The number of nitrogens with zero attached hydrogens (tertiary/aromatic N) is 4. The van der Waals surface area contributed by atoms with Crippen LogP contribution in [0.15, 0.2) is 53.7 Å². The van der Waals surface area contributed by atoms with Gasteiger partial charge >= 0.3 is 0 Å². The minimum Gasteiger partial charge on any atom is -0.318 e. The van der Waals surface area contributed by atoms with E-state index in [0.29, 0.717) is 11.0 Å². The van der Waals surface area contributed by atoms with Crippen LogP contribution in [0.25, 0.3) is 17.1 Å². The maximum atomic E-state index is 13.2. The maximum absolute atomic E-state index is 13.2. The van der Waals surface area contributed by atoms with Crippen LogP contribution in [0.1, 0.15) is 32.9 Å². The van der Waals surface area contributed by atoms with Crippen molar-refractivity contribution in [3.63, 3.8) is 0 Å². The lowest BCUT2D eigenvalue weighted by atomic mass is 10.1. The Morgan fingerprint density at radius 2 is 1.62 bits per heavy atom. The molecule has 4 rings (SSSR count). The van der Waals surface area contributed by atoms with Gasteiger partial charge in [-0.25, -0.2) is 4.39 Å². The number of Topliss-reactive ketones (excluding diaryl/α,β-unsaturated/α-hetero) is 1. The molecule has 4 aromatic rings. The first-order chi connectivity index (χ1) is 15.2. The fourth-order valence-electron chi connectivity index (χ4n) is 4.02. The topological polar surface area (TPSA) is 52.7 Å². The van der Waals surface area contributed by atoms with Crippen LogP contribution in [0.2, 0.25) is 0 Å². The summed E-state index contributed by atoms with van der Waals surface area (Å²) in [6.45, 7) is 8.16. The molecule has 32 heavy (non-hydrogen) atoms. The van der Waals surface area contributed by atoms with Crippen molar-refractivity contribution in [3.05, 3.63) is 82.4 Å². The number of ketones is 1. The molecular formula is C25H25FN4OS. The van der Waals surface area contributed by atoms with Gasteiger partial charge in [0.05, 0.1) is 5.75 Å². The third-order valence-electron chi connectivity index (χ3n) is 5.47. The van der Waals surface area contributed by atoms with Crippen molar-refractivity contribution >= 4 is 17.5 Å². The van der Waals surface area contributed by atoms with E-state index in [9.17, 15) is 9.18 Å². The second kappa shape index (κ2) is 8.74. The van der Waals surface area contributed by atoms with Gasteiger partial charge in [-0.1, -0.05) is 17.8 Å². The van der Waals surface area contributed by atoms with Crippen LogP contribution in [-0.2, 0) is 7.05 Å². The van der Waals surface area contributed by atoms with Crippen molar-refractivity contribution in [1.29, 1.82) is 0 Å². The lowest BCUT2D eigenvalue weighted by molar-refractivity contribution is 0.102. The van der Waals surface area contributed by atoms with Crippen molar-refractivity contribution in [2.45, 2.75) is 32.9 Å². The van der Waals surface area contributed by atoms with E-state index in [2.05, 4.69) is 46.8 Å². The Bertz CT molecular complexity index is 1280. The van der Waals surface area contributed by atoms with Gasteiger partial charge in [-0.15, -0.1) is 10.2 Å². The normalized spacial score (nSPS) is 11.2. The zero-order chi connectivity index (χ0) is 23.0. The highest BCUT2D eigenvalue weighted by Gasteiger charge is 2.19. The molecule has 2 heterocycles. The van der Waals surface area contributed by atoms with Crippen LogP contribution in [0.3, 0.4) is 0 Å². The van der Waals surface area contributed by atoms with Gasteiger partial charge in [0.1, 0.15) is 5.82 Å². The zero-order valence-electron chi connectivity index (χ0n) is 18.8. The van der Waals surface area contributed by atoms with Crippen LogP contribution < -0.4 is 0 Å². The third kappa shape index (κ3) is 4.25. The number of hydrogen-bond donors (Lipinski definition) is 0. The summed E-state index contributed by atoms with van der Waals surface area (Å²) in [7, 11) is 1.84. The highest BCUT2D eigenvalue weighted by atomic mass is 32.2. The summed E-state index contributed by atoms with van der Waals surface area (Å²) in [5.41, 5.74) is 6.90. The molecular weight excluding hydrogens is 423 g/mol. The van der Waals surface area contributed by atoms with Gasteiger partial charge in [-0.2, -0.15) is 0 Å². The summed E-state index contributed by atoms with van der Waals surface area (Å²) in [6.07, 6.45) is 0. The molecule has 7 heteroatoms. The summed E-state index contributed by atoms with van der Waals surface area (Å²) in [4.78, 5) is 13.1. The number of aromatic nitrogens is 4. The summed E-state index contributed by atoms with van der Waals surface area (Å²) in [6, 6.07) is 14.5. The largest absolute Gasteiger partial charge is 0.318 e. The van der Waals surface area contributed by atoms with Gasteiger partial charge in [-0.05, 0) is 81.3 Å². The molecule has 0 aliphatic rings. The van der Waals surface area contributed by atoms with Crippen LogP contribution in [-0.4, -0.2) is 30.9 Å². The van der Waals surface area contributed by atoms with Gasteiger partial charge in [-0.3, -0.25) is 4.79 Å². The van der Waals surface area contributed by atoms with Gasteiger partial charge in [0.25, 0.3) is 0 Å². The van der Waals surface area contributed by atoms with Crippen molar-refractivity contribution < 1.29 is 9.18 Å². The summed E-state index contributed by atoms with van der Waals surface area (Å²) in [5.74, 6) is 0.638. The van der Waals surface area contributed by atoms with E-state index >= 15 is 0 Å². The van der Waals surface area contributed by atoms with E-state index in [4.69, 9.17) is 0 Å². The Morgan fingerprint density at radius 1 is 0.969 bits per heavy atom. The highest BCUT2D eigenvalue weighted by molar-refractivity contribution is 7.99. The first kappa shape index (κ1) is 22.0. The molecule has 0 atom stereocenters. The number of thioether (sulfide) groups is 1. The number of carbonyl (C=O) groups is 1. The van der Waals surface area contributed by atoms with Crippen molar-refractivity contribution in [2.24, 2.45) is 7.05 Å². The number of aryl methyl sites for hydroxylation is 3. The van der Waals surface area contributed by atoms with E-state index < -0.39 is 0 Å². The van der Waals surface area contributed by atoms with E-state index in [0.717, 1.165) is 28.2 Å². The number of halogens is 1. The van der Waals surface area contributed by atoms with Crippen LogP contribution in [0.4, 0.5) is 4.39 Å². The number of carbonyl (C=O) groups excluding carboxylic acids is 1. The fourth-order valence-corrected chi connectivity index (χ4v) is 4.82. The van der Waals surface area contributed by atoms with Crippen LogP contribution in [0.5, 0.6) is 0 Å². The van der Waals surface area contributed by atoms with Gasteiger partial charge in [0, 0.05) is 35.2 Å². The zero-order valence-corrected chi connectivity index (χ0v) is 19.6. The SMILES string of the molecule is Cc1cc(C)cc(-n2c(C)cc(C(=O)CSc3nnc(-c4ccc(F)cc4)n3C)c2C)c1. The molecule has 164 valence electrons. The predicted molar refractivity (Wildman–Crippen MR) is 126 cm³/mol. The smallest absolute Gasteiger partial charge is 0.191 e. The maximum Gasteiger partial charge on any atom is 0.191 e. The molecule has 2 aromatic carbocycles. The average Bonchev–Trinajstić information content (AvgIpc) is 3.25. The van der Waals surface area contributed by atoms with Crippen molar-refractivity contribution in [2.75, 3.05) is 5.75 Å². The van der Waals surface area contributed by atoms with Crippen LogP contribution >= 0.6 is 11.8 Å². The molecule has 0 amide bonds. The molecule has 0 radical (unpaired) electrons. The number of rotatable bonds is 6. The Balaban J connectivity index is 1.54. The van der Waals surface area contributed by atoms with Crippen molar-refractivity contribution in [1.82, 2.24) is 19.3 Å². The Morgan fingerprint density at radius 3 is 2.28 bits per heavy atom. The Kier molecular flexibility index (Phi) is 6.02. The minimum atomic E-state index is -0.297. The van der Waals surface area contributed by atoms with Gasteiger partial charge < -0.3 is 9.13 Å². The molecule has 0 saturated heterocycles. The van der Waals surface area contributed by atoms with Gasteiger partial charge in [0.15, 0.2) is 16.8 Å². The first-order valence-corrected chi connectivity index (χ1v) is 11.3. The molecule has 0 spiro atoms. The lowest BCUT2D eigenvalue weighted by Crippen LogP contribution is -2.07. The molecule has 0 unspecified atom stereocenters. The Hall–Kier alpha value is -3.19. The molecule has 0 aliphatic heterocycles. The van der Waals surface area contributed by atoms with E-state index in [1.165, 1.54) is 35.0 Å². The van der Waals surface area contributed by atoms with Crippen molar-refractivity contribution in [3.8, 4) is 17.1 Å². The number of benzene rings is 2. The Labute approximate surface area is 191 Å². The van der Waals surface area contributed by atoms with Gasteiger partial charge in [0.2, 0.25) is 0 Å². The van der Waals surface area contributed by atoms with E-state index in [-0.39, 0.29) is 17.4 Å². The summed E-state index contributed by atoms with van der Waals surface area (Å²) in [5, 5.41) is 9.07. The summed E-state index contributed by atoms with van der Waals surface area (Å²) < 4.78 is 17.2. The quantitative estimate of drug-likeness (QED) is 0.284. The summed E-state index contributed by atoms with van der Waals surface area (Å²) >= 11 is 1.35. The molecule has 0 fully saturated rings. The monoisotopic (exact) mass is 448 g/mol. The molecule has 0 bridgehead atoms. The number of hydrogen-bond acceptors (Lipinski definition) is 4.